The van der Waals surface area contributed by atoms with Crippen molar-refractivity contribution >= 4 is 11.9 Å². The van der Waals surface area contributed by atoms with Crippen LogP contribution in [0.5, 0.6) is 0 Å². The summed E-state index contributed by atoms with van der Waals surface area (Å²) in [6.45, 7) is 5.82. The van der Waals surface area contributed by atoms with Gasteiger partial charge in [-0.3, -0.25) is 9.59 Å². The van der Waals surface area contributed by atoms with Gasteiger partial charge in [0.15, 0.2) is 0 Å². The topological polar surface area (TPSA) is 66.4 Å². The Morgan fingerprint density at radius 3 is 2.30 bits per heavy atom. The third kappa shape index (κ3) is 5.43. The van der Waals surface area contributed by atoms with Gasteiger partial charge in [-0.05, 0) is 24.8 Å². The Hall–Kier alpha value is -1.84. The van der Waals surface area contributed by atoms with E-state index in [0.29, 0.717) is 0 Å². The molecule has 1 aromatic rings. The van der Waals surface area contributed by atoms with Gasteiger partial charge < -0.3 is 10.4 Å². The lowest BCUT2D eigenvalue weighted by Gasteiger charge is -2.19. The molecule has 4 nitrogen and oxygen atoms in total. The first-order chi connectivity index (χ1) is 9.42. The van der Waals surface area contributed by atoms with Gasteiger partial charge in [-0.1, -0.05) is 43.7 Å². The predicted octanol–water partition coefficient (Wildman–Crippen LogP) is 3.06. The van der Waals surface area contributed by atoms with E-state index in [1.54, 1.807) is 6.92 Å². The molecule has 2 atom stereocenters. The fourth-order valence-electron chi connectivity index (χ4n) is 2.16. The molecule has 0 saturated carbocycles. The molecule has 2 N–H and O–H groups in total. The second kappa shape index (κ2) is 7.68. The number of aliphatic carboxylic acids is 1. The Kier molecular flexibility index (Phi) is 6.22. The second-order valence-electron chi connectivity index (χ2n) is 5.35. The average molecular weight is 277 g/mol. The molecule has 0 heterocycles. The summed E-state index contributed by atoms with van der Waals surface area (Å²) in [5.74, 6) is -1.11. The van der Waals surface area contributed by atoms with Crippen LogP contribution in [0.4, 0.5) is 0 Å². The van der Waals surface area contributed by atoms with Crippen molar-refractivity contribution in [2.75, 3.05) is 0 Å². The molecule has 0 bridgehead atoms. The minimum Gasteiger partial charge on any atom is -0.481 e. The van der Waals surface area contributed by atoms with E-state index in [-0.39, 0.29) is 30.7 Å². The van der Waals surface area contributed by atoms with Crippen molar-refractivity contribution in [1.29, 1.82) is 0 Å². The Labute approximate surface area is 120 Å². The number of carboxylic acid groups (broad SMARTS) is 1. The van der Waals surface area contributed by atoms with Gasteiger partial charge in [-0.2, -0.15) is 0 Å². The van der Waals surface area contributed by atoms with E-state index >= 15 is 0 Å². The number of carbonyl (C=O) groups excluding carboxylic acids is 1. The molecular weight excluding hydrogens is 254 g/mol. The lowest BCUT2D eigenvalue weighted by atomic mass is 10.0. The molecule has 2 unspecified atom stereocenters. The second-order valence-corrected chi connectivity index (χ2v) is 5.35. The van der Waals surface area contributed by atoms with Crippen LogP contribution in [0.25, 0.3) is 0 Å². The summed E-state index contributed by atoms with van der Waals surface area (Å²) >= 11 is 0. The summed E-state index contributed by atoms with van der Waals surface area (Å²) in [6, 6.07) is 8.07. The Morgan fingerprint density at radius 1 is 1.20 bits per heavy atom. The van der Waals surface area contributed by atoms with E-state index in [4.69, 9.17) is 5.11 Å². The van der Waals surface area contributed by atoms with E-state index in [0.717, 1.165) is 12.0 Å². The first-order valence-electron chi connectivity index (χ1n) is 7.00. The Balaban J connectivity index is 2.57. The molecule has 0 fully saturated rings. The van der Waals surface area contributed by atoms with Crippen LogP contribution in [0, 0.1) is 12.8 Å². The van der Waals surface area contributed by atoms with E-state index in [1.807, 2.05) is 38.1 Å². The van der Waals surface area contributed by atoms with Crippen molar-refractivity contribution in [2.24, 2.45) is 5.92 Å². The molecule has 0 spiro atoms. The molecule has 4 heteroatoms. The number of benzene rings is 1. The van der Waals surface area contributed by atoms with Gasteiger partial charge in [-0.15, -0.1) is 0 Å². The fraction of sp³-hybridized carbons (Fsp3) is 0.500. The molecule has 0 aliphatic heterocycles. The van der Waals surface area contributed by atoms with Crippen molar-refractivity contribution in [1.82, 2.24) is 5.32 Å². The van der Waals surface area contributed by atoms with Crippen LogP contribution in [0.3, 0.4) is 0 Å². The number of amides is 1. The van der Waals surface area contributed by atoms with Gasteiger partial charge in [0.05, 0.1) is 6.04 Å². The fourth-order valence-corrected chi connectivity index (χ4v) is 2.16. The van der Waals surface area contributed by atoms with Crippen molar-refractivity contribution in [3.63, 3.8) is 0 Å². The summed E-state index contributed by atoms with van der Waals surface area (Å²) in [4.78, 5) is 22.5. The van der Waals surface area contributed by atoms with Crippen molar-refractivity contribution in [2.45, 2.75) is 46.1 Å². The lowest BCUT2D eigenvalue weighted by molar-refractivity contribution is -0.138. The van der Waals surface area contributed by atoms with Crippen LogP contribution in [-0.2, 0) is 9.59 Å². The highest BCUT2D eigenvalue weighted by molar-refractivity contribution is 5.77. The zero-order chi connectivity index (χ0) is 15.1. The number of nitrogens with one attached hydrogen (secondary N) is 1. The normalized spacial score (nSPS) is 13.6. The SMILES string of the molecule is CCC(NC(=O)CC(C)CC(=O)O)c1ccc(C)cc1. The maximum absolute atomic E-state index is 11.9. The maximum atomic E-state index is 11.9. The van der Waals surface area contributed by atoms with Crippen molar-refractivity contribution in [3.05, 3.63) is 35.4 Å². The summed E-state index contributed by atoms with van der Waals surface area (Å²) < 4.78 is 0. The highest BCUT2D eigenvalue weighted by atomic mass is 16.4. The van der Waals surface area contributed by atoms with Gasteiger partial charge in [0.2, 0.25) is 5.91 Å². The van der Waals surface area contributed by atoms with Crippen LogP contribution in [-0.4, -0.2) is 17.0 Å². The molecule has 0 aromatic heterocycles. The third-order valence-electron chi connectivity index (χ3n) is 3.28. The monoisotopic (exact) mass is 277 g/mol. The molecular formula is C16H23NO3. The highest BCUT2D eigenvalue weighted by Crippen LogP contribution is 2.18. The Bertz CT molecular complexity index is 453. The lowest BCUT2D eigenvalue weighted by Crippen LogP contribution is -2.29. The minimum absolute atomic E-state index is 0.0138. The quantitative estimate of drug-likeness (QED) is 0.805. The van der Waals surface area contributed by atoms with E-state index in [1.165, 1.54) is 5.56 Å². The number of aryl methyl sites for hydroxylation is 1. The largest absolute Gasteiger partial charge is 0.481 e. The highest BCUT2D eigenvalue weighted by Gasteiger charge is 2.16. The summed E-state index contributed by atoms with van der Waals surface area (Å²) in [7, 11) is 0. The van der Waals surface area contributed by atoms with Gasteiger partial charge in [-0.25, -0.2) is 0 Å². The predicted molar refractivity (Wildman–Crippen MR) is 78.4 cm³/mol. The van der Waals surface area contributed by atoms with Gasteiger partial charge in [0.25, 0.3) is 0 Å². The zero-order valence-corrected chi connectivity index (χ0v) is 12.3. The summed E-state index contributed by atoms with van der Waals surface area (Å²) in [5, 5.41) is 11.7. The minimum atomic E-state index is -0.865. The number of hydrogen-bond donors (Lipinski definition) is 2. The van der Waals surface area contributed by atoms with Crippen LogP contribution in [0.2, 0.25) is 0 Å². The average Bonchev–Trinajstić information content (AvgIpc) is 2.36. The molecule has 1 aromatic carbocycles. The number of hydrogen-bond acceptors (Lipinski definition) is 2. The van der Waals surface area contributed by atoms with Gasteiger partial charge in [0.1, 0.15) is 0 Å². The van der Waals surface area contributed by atoms with E-state index < -0.39 is 5.97 Å². The molecule has 0 aliphatic carbocycles. The molecule has 110 valence electrons. The Morgan fingerprint density at radius 2 is 1.80 bits per heavy atom. The van der Waals surface area contributed by atoms with Crippen LogP contribution in [0.1, 0.15) is 50.3 Å². The van der Waals surface area contributed by atoms with Crippen LogP contribution < -0.4 is 5.32 Å². The molecule has 0 saturated heterocycles. The summed E-state index contributed by atoms with van der Waals surface area (Å²) in [5.41, 5.74) is 2.27. The molecule has 0 aliphatic rings. The number of carboxylic acids is 1. The molecule has 0 radical (unpaired) electrons. The molecule has 20 heavy (non-hydrogen) atoms. The maximum Gasteiger partial charge on any atom is 0.303 e. The van der Waals surface area contributed by atoms with Crippen LogP contribution in [0.15, 0.2) is 24.3 Å². The van der Waals surface area contributed by atoms with Gasteiger partial charge in [0, 0.05) is 12.8 Å². The van der Waals surface area contributed by atoms with Crippen molar-refractivity contribution in [3.8, 4) is 0 Å². The van der Waals surface area contributed by atoms with Crippen LogP contribution >= 0.6 is 0 Å². The number of carbonyl (C=O) groups is 2. The van der Waals surface area contributed by atoms with E-state index in [9.17, 15) is 9.59 Å². The molecule has 1 rings (SSSR count). The van der Waals surface area contributed by atoms with Crippen molar-refractivity contribution < 1.29 is 14.7 Å². The van der Waals surface area contributed by atoms with E-state index in [2.05, 4.69) is 5.32 Å². The molecule has 1 amide bonds. The first-order valence-corrected chi connectivity index (χ1v) is 7.00. The smallest absolute Gasteiger partial charge is 0.303 e. The number of rotatable bonds is 7. The first kappa shape index (κ1) is 16.2. The third-order valence-corrected chi connectivity index (χ3v) is 3.28. The summed E-state index contributed by atoms with van der Waals surface area (Å²) in [6.07, 6.45) is 1.07. The standard InChI is InChI=1S/C16H23NO3/c1-4-14(13-7-5-11(2)6-8-13)17-15(18)9-12(3)10-16(19)20/h5-8,12,14H,4,9-10H2,1-3H3,(H,17,18)(H,19,20). The van der Waals surface area contributed by atoms with Gasteiger partial charge >= 0.3 is 5.97 Å². The zero-order valence-electron chi connectivity index (χ0n) is 12.3.